The monoisotopic (exact) mass is 270 g/mol. The summed E-state index contributed by atoms with van der Waals surface area (Å²) in [5.41, 5.74) is 0.989. The summed E-state index contributed by atoms with van der Waals surface area (Å²) >= 11 is 12.6. The van der Waals surface area contributed by atoms with Crippen molar-refractivity contribution in [1.82, 2.24) is 9.97 Å². The molecule has 4 heteroatoms. The van der Waals surface area contributed by atoms with Crippen LogP contribution in [-0.2, 0) is 0 Å². The van der Waals surface area contributed by atoms with Gasteiger partial charge in [-0.15, -0.1) is 0 Å². The van der Waals surface area contributed by atoms with Crippen LogP contribution in [0.4, 0.5) is 0 Å². The van der Waals surface area contributed by atoms with E-state index in [2.05, 4.69) is 16.9 Å². The van der Waals surface area contributed by atoms with Gasteiger partial charge in [0.05, 0.1) is 0 Å². The van der Waals surface area contributed by atoms with Crippen molar-refractivity contribution in [2.75, 3.05) is 0 Å². The number of halogens is 2. The Kier molecular flexibility index (Phi) is 3.04. The first-order valence-corrected chi connectivity index (χ1v) is 7.15. The smallest absolute Gasteiger partial charge is 0.137 e. The van der Waals surface area contributed by atoms with Crippen LogP contribution in [-0.4, -0.2) is 9.97 Å². The number of hydrogen-bond donors (Lipinski definition) is 0. The van der Waals surface area contributed by atoms with Crippen molar-refractivity contribution in [2.24, 2.45) is 5.92 Å². The van der Waals surface area contributed by atoms with Gasteiger partial charge >= 0.3 is 0 Å². The second kappa shape index (κ2) is 4.40. The molecule has 2 aliphatic carbocycles. The molecule has 2 nitrogen and oxygen atoms in total. The van der Waals surface area contributed by atoms with Gasteiger partial charge in [-0.1, -0.05) is 43.0 Å². The van der Waals surface area contributed by atoms with Gasteiger partial charge in [-0.25, -0.2) is 9.97 Å². The van der Waals surface area contributed by atoms with E-state index in [4.69, 9.17) is 23.2 Å². The predicted octanol–water partition coefficient (Wildman–Crippen LogP) is 4.56. The summed E-state index contributed by atoms with van der Waals surface area (Å²) in [6.45, 7) is 2.21. The first-order chi connectivity index (χ1) is 8.16. The minimum Gasteiger partial charge on any atom is -0.220 e. The van der Waals surface area contributed by atoms with E-state index in [1.807, 2.05) is 0 Å². The Labute approximate surface area is 112 Å². The standard InChI is InChI=1S/C13H16Cl2N2/c1-7-6-9(7)13-16-11(14)10(12(15)17-13)8-4-2-3-5-8/h7-9H,2-6H2,1H3. The lowest BCUT2D eigenvalue weighted by molar-refractivity contribution is 0.707. The molecule has 0 bridgehead atoms. The third-order valence-corrected chi connectivity index (χ3v) is 4.65. The first kappa shape index (κ1) is 11.7. The fourth-order valence-corrected chi connectivity index (χ4v) is 3.54. The van der Waals surface area contributed by atoms with E-state index in [0.29, 0.717) is 28.1 Å². The van der Waals surface area contributed by atoms with E-state index in [9.17, 15) is 0 Å². The van der Waals surface area contributed by atoms with E-state index in [0.717, 1.165) is 17.8 Å². The molecule has 2 saturated carbocycles. The molecule has 0 aromatic carbocycles. The van der Waals surface area contributed by atoms with Gasteiger partial charge in [0.2, 0.25) is 0 Å². The number of rotatable bonds is 2. The molecular weight excluding hydrogens is 255 g/mol. The van der Waals surface area contributed by atoms with Crippen LogP contribution in [0.25, 0.3) is 0 Å². The Hall–Kier alpha value is -0.340. The van der Waals surface area contributed by atoms with E-state index >= 15 is 0 Å². The van der Waals surface area contributed by atoms with Gasteiger partial charge in [0.15, 0.2) is 0 Å². The zero-order valence-electron chi connectivity index (χ0n) is 9.92. The quantitative estimate of drug-likeness (QED) is 0.736. The maximum atomic E-state index is 6.30. The van der Waals surface area contributed by atoms with Gasteiger partial charge < -0.3 is 0 Å². The summed E-state index contributed by atoms with van der Waals surface area (Å²) < 4.78 is 0. The molecule has 1 heterocycles. The molecule has 3 rings (SSSR count). The molecule has 1 aromatic heterocycles. The van der Waals surface area contributed by atoms with Gasteiger partial charge in [-0.2, -0.15) is 0 Å². The Morgan fingerprint density at radius 2 is 1.59 bits per heavy atom. The average molecular weight is 271 g/mol. The van der Waals surface area contributed by atoms with Gasteiger partial charge in [0, 0.05) is 11.5 Å². The fourth-order valence-electron chi connectivity index (χ4n) is 2.83. The van der Waals surface area contributed by atoms with Crippen LogP contribution in [0.3, 0.4) is 0 Å². The van der Waals surface area contributed by atoms with Crippen LogP contribution >= 0.6 is 23.2 Å². The molecule has 2 fully saturated rings. The summed E-state index contributed by atoms with van der Waals surface area (Å²) in [7, 11) is 0. The lowest BCUT2D eigenvalue weighted by atomic mass is 10.0. The lowest BCUT2D eigenvalue weighted by Gasteiger charge is -2.13. The van der Waals surface area contributed by atoms with Gasteiger partial charge in [0.25, 0.3) is 0 Å². The highest BCUT2D eigenvalue weighted by atomic mass is 35.5. The third kappa shape index (κ3) is 2.17. The molecule has 0 aliphatic heterocycles. The van der Waals surface area contributed by atoms with Crippen molar-refractivity contribution < 1.29 is 0 Å². The third-order valence-electron chi connectivity index (χ3n) is 4.07. The minimum absolute atomic E-state index is 0.473. The largest absolute Gasteiger partial charge is 0.220 e. The van der Waals surface area contributed by atoms with Crippen LogP contribution in [0.1, 0.15) is 62.3 Å². The van der Waals surface area contributed by atoms with Crippen LogP contribution in [0.2, 0.25) is 10.3 Å². The molecule has 2 atom stereocenters. The maximum Gasteiger partial charge on any atom is 0.137 e. The van der Waals surface area contributed by atoms with Gasteiger partial charge in [0.1, 0.15) is 16.1 Å². The molecule has 1 aromatic rings. The predicted molar refractivity (Wildman–Crippen MR) is 69.8 cm³/mol. The summed E-state index contributed by atoms with van der Waals surface area (Å²) in [6, 6.07) is 0. The average Bonchev–Trinajstić information content (AvgIpc) is 2.77. The van der Waals surface area contributed by atoms with Crippen LogP contribution in [0.5, 0.6) is 0 Å². The van der Waals surface area contributed by atoms with Gasteiger partial charge in [-0.3, -0.25) is 0 Å². The molecule has 0 radical (unpaired) electrons. The minimum atomic E-state index is 0.473. The Morgan fingerprint density at radius 3 is 2.06 bits per heavy atom. The van der Waals surface area contributed by atoms with E-state index in [1.54, 1.807) is 0 Å². The molecular formula is C13H16Cl2N2. The zero-order chi connectivity index (χ0) is 12.0. The Morgan fingerprint density at radius 1 is 1.06 bits per heavy atom. The van der Waals surface area contributed by atoms with Crippen molar-refractivity contribution in [1.29, 1.82) is 0 Å². The molecule has 0 spiro atoms. The fraction of sp³-hybridized carbons (Fsp3) is 0.692. The molecule has 2 aliphatic rings. The number of aromatic nitrogens is 2. The highest BCUT2D eigenvalue weighted by Gasteiger charge is 2.37. The van der Waals surface area contributed by atoms with Gasteiger partial charge in [-0.05, 0) is 31.1 Å². The summed E-state index contributed by atoms with van der Waals surface area (Å²) in [6.07, 6.45) is 6.02. The van der Waals surface area contributed by atoms with Crippen molar-refractivity contribution in [3.05, 3.63) is 21.7 Å². The topological polar surface area (TPSA) is 25.8 Å². The molecule has 0 N–H and O–H groups in total. The second-order valence-electron chi connectivity index (χ2n) is 5.38. The van der Waals surface area contributed by atoms with Crippen molar-refractivity contribution in [3.63, 3.8) is 0 Å². The molecule has 0 amide bonds. The summed E-state index contributed by atoms with van der Waals surface area (Å²) in [5.74, 6) is 2.47. The SMILES string of the molecule is CC1CC1c1nc(Cl)c(C2CCCC2)c(Cl)n1. The van der Waals surface area contributed by atoms with Crippen LogP contribution in [0.15, 0.2) is 0 Å². The Bertz CT molecular complexity index is 418. The molecule has 17 heavy (non-hydrogen) atoms. The zero-order valence-corrected chi connectivity index (χ0v) is 11.4. The number of nitrogens with zero attached hydrogens (tertiary/aromatic N) is 2. The maximum absolute atomic E-state index is 6.30. The van der Waals surface area contributed by atoms with E-state index < -0.39 is 0 Å². The Balaban J connectivity index is 1.94. The normalized spacial score (nSPS) is 28.6. The second-order valence-corrected chi connectivity index (χ2v) is 6.09. The molecule has 92 valence electrons. The van der Waals surface area contributed by atoms with E-state index in [-0.39, 0.29) is 0 Å². The van der Waals surface area contributed by atoms with Crippen molar-refractivity contribution in [2.45, 2.75) is 50.9 Å². The molecule has 2 unspecified atom stereocenters. The van der Waals surface area contributed by atoms with Crippen LogP contribution in [0, 0.1) is 5.92 Å². The lowest BCUT2D eigenvalue weighted by Crippen LogP contribution is -2.03. The summed E-state index contributed by atoms with van der Waals surface area (Å²) in [5, 5.41) is 1.18. The summed E-state index contributed by atoms with van der Waals surface area (Å²) in [4.78, 5) is 8.92. The van der Waals surface area contributed by atoms with Crippen molar-refractivity contribution in [3.8, 4) is 0 Å². The highest BCUT2D eigenvalue weighted by Crippen LogP contribution is 2.47. The highest BCUT2D eigenvalue weighted by molar-refractivity contribution is 6.34. The van der Waals surface area contributed by atoms with Crippen molar-refractivity contribution >= 4 is 23.2 Å². The first-order valence-electron chi connectivity index (χ1n) is 6.39. The van der Waals surface area contributed by atoms with Crippen LogP contribution < -0.4 is 0 Å². The number of hydrogen-bond acceptors (Lipinski definition) is 2. The molecule has 0 saturated heterocycles. The van der Waals surface area contributed by atoms with E-state index in [1.165, 1.54) is 25.7 Å².